The fraction of sp³-hybridized carbons (Fsp3) is 0.286. The fourth-order valence-corrected chi connectivity index (χ4v) is 3.11. The van der Waals surface area contributed by atoms with E-state index in [0.29, 0.717) is 0 Å². The van der Waals surface area contributed by atoms with Crippen molar-refractivity contribution in [2.75, 3.05) is 0 Å². The van der Waals surface area contributed by atoms with Gasteiger partial charge in [-0.05, 0) is 52.5 Å². The van der Waals surface area contributed by atoms with Gasteiger partial charge in [-0.2, -0.15) is 0 Å². The first-order valence-corrected chi connectivity index (χ1v) is 7.32. The molecule has 1 aromatic heterocycles. The number of halogens is 1. The predicted octanol–water partition coefficient (Wildman–Crippen LogP) is 4.42. The van der Waals surface area contributed by atoms with Gasteiger partial charge in [0.1, 0.15) is 0 Å². The van der Waals surface area contributed by atoms with Crippen molar-refractivity contribution in [3.8, 4) is 0 Å². The molecule has 0 fully saturated rings. The first kappa shape index (κ1) is 12.8. The lowest BCUT2D eigenvalue weighted by molar-refractivity contribution is 0.700. The second-order valence-corrected chi connectivity index (χ2v) is 6.16. The molecule has 0 unspecified atom stereocenters. The van der Waals surface area contributed by atoms with Gasteiger partial charge in [-0.15, -0.1) is 11.3 Å². The van der Waals surface area contributed by atoms with Crippen LogP contribution in [0.15, 0.2) is 34.1 Å². The van der Waals surface area contributed by atoms with E-state index in [9.17, 15) is 0 Å². The fourth-order valence-electron chi connectivity index (χ4n) is 1.69. The van der Waals surface area contributed by atoms with E-state index in [1.165, 1.54) is 26.0 Å². The minimum absolute atomic E-state index is 0.927. The van der Waals surface area contributed by atoms with Crippen LogP contribution in [-0.4, -0.2) is 0 Å². The maximum atomic E-state index is 3.47. The number of benzene rings is 1. The Bertz CT molecular complexity index is 505. The minimum atomic E-state index is 0.927. The summed E-state index contributed by atoms with van der Waals surface area (Å²) in [4.78, 5) is 1.36. The van der Waals surface area contributed by atoms with Gasteiger partial charge < -0.3 is 5.32 Å². The van der Waals surface area contributed by atoms with Crippen LogP contribution in [-0.2, 0) is 13.1 Å². The highest BCUT2D eigenvalue weighted by Crippen LogP contribution is 2.19. The molecule has 0 atom stereocenters. The van der Waals surface area contributed by atoms with Gasteiger partial charge in [0, 0.05) is 27.8 Å². The zero-order valence-electron chi connectivity index (χ0n) is 10.1. The SMILES string of the molecule is Cc1ccc(CNCc2cc(Br)cs2)cc1C. The second-order valence-electron chi connectivity index (χ2n) is 4.25. The van der Waals surface area contributed by atoms with Gasteiger partial charge >= 0.3 is 0 Å². The first-order chi connectivity index (χ1) is 8.15. The number of rotatable bonds is 4. The highest BCUT2D eigenvalue weighted by molar-refractivity contribution is 9.10. The van der Waals surface area contributed by atoms with E-state index in [1.54, 1.807) is 11.3 Å². The van der Waals surface area contributed by atoms with Crippen molar-refractivity contribution in [1.82, 2.24) is 5.32 Å². The zero-order valence-corrected chi connectivity index (χ0v) is 12.5. The Balaban J connectivity index is 1.87. The van der Waals surface area contributed by atoms with Gasteiger partial charge in [-0.3, -0.25) is 0 Å². The highest BCUT2D eigenvalue weighted by Gasteiger charge is 1.99. The molecular formula is C14H16BrNS. The Morgan fingerprint density at radius 3 is 2.59 bits per heavy atom. The molecule has 0 bridgehead atoms. The molecule has 0 saturated carbocycles. The summed E-state index contributed by atoms with van der Waals surface area (Å²) in [6.07, 6.45) is 0. The average molecular weight is 310 g/mol. The third kappa shape index (κ3) is 3.66. The number of hydrogen-bond donors (Lipinski definition) is 1. The van der Waals surface area contributed by atoms with Crippen LogP contribution in [0.5, 0.6) is 0 Å². The lowest BCUT2D eigenvalue weighted by atomic mass is 10.1. The molecule has 0 spiro atoms. The van der Waals surface area contributed by atoms with Crippen molar-refractivity contribution >= 4 is 27.3 Å². The summed E-state index contributed by atoms with van der Waals surface area (Å²) >= 11 is 5.25. The maximum absolute atomic E-state index is 3.47. The quantitative estimate of drug-likeness (QED) is 0.881. The molecular weight excluding hydrogens is 294 g/mol. The number of nitrogens with one attached hydrogen (secondary N) is 1. The molecule has 0 radical (unpaired) electrons. The summed E-state index contributed by atoms with van der Waals surface area (Å²) in [6, 6.07) is 8.80. The maximum Gasteiger partial charge on any atom is 0.0303 e. The number of aryl methyl sites for hydroxylation is 2. The molecule has 1 nitrogen and oxygen atoms in total. The second kappa shape index (κ2) is 5.80. The molecule has 0 saturated heterocycles. The Hall–Kier alpha value is -0.640. The summed E-state index contributed by atoms with van der Waals surface area (Å²) in [7, 11) is 0. The zero-order chi connectivity index (χ0) is 12.3. The molecule has 90 valence electrons. The molecule has 0 aliphatic rings. The third-order valence-corrected chi connectivity index (χ3v) is 4.52. The monoisotopic (exact) mass is 309 g/mol. The van der Waals surface area contributed by atoms with Crippen LogP contribution < -0.4 is 5.32 Å². The molecule has 3 heteroatoms. The van der Waals surface area contributed by atoms with Crippen molar-refractivity contribution in [1.29, 1.82) is 0 Å². The molecule has 1 aromatic carbocycles. The van der Waals surface area contributed by atoms with Gasteiger partial charge in [0.15, 0.2) is 0 Å². The largest absolute Gasteiger partial charge is 0.308 e. The summed E-state index contributed by atoms with van der Waals surface area (Å²) in [5.41, 5.74) is 4.07. The highest BCUT2D eigenvalue weighted by atomic mass is 79.9. The van der Waals surface area contributed by atoms with E-state index in [2.05, 4.69) is 64.7 Å². The van der Waals surface area contributed by atoms with Crippen molar-refractivity contribution in [3.63, 3.8) is 0 Å². The summed E-state index contributed by atoms with van der Waals surface area (Å²) in [5, 5.41) is 5.59. The summed E-state index contributed by atoms with van der Waals surface area (Å²) in [5.74, 6) is 0. The minimum Gasteiger partial charge on any atom is -0.308 e. The standard InChI is InChI=1S/C14H16BrNS/c1-10-3-4-12(5-11(10)2)7-16-8-14-6-13(15)9-17-14/h3-6,9,16H,7-8H2,1-2H3. The molecule has 17 heavy (non-hydrogen) atoms. The van der Waals surface area contributed by atoms with Gasteiger partial charge in [-0.25, -0.2) is 0 Å². The Morgan fingerprint density at radius 2 is 1.94 bits per heavy atom. The van der Waals surface area contributed by atoms with Crippen molar-refractivity contribution in [2.24, 2.45) is 0 Å². The van der Waals surface area contributed by atoms with E-state index in [4.69, 9.17) is 0 Å². The van der Waals surface area contributed by atoms with Gasteiger partial charge in [-0.1, -0.05) is 18.2 Å². The normalized spacial score (nSPS) is 10.8. The van der Waals surface area contributed by atoms with E-state index in [0.717, 1.165) is 13.1 Å². The Morgan fingerprint density at radius 1 is 1.12 bits per heavy atom. The van der Waals surface area contributed by atoms with Crippen LogP contribution in [0.2, 0.25) is 0 Å². The number of hydrogen-bond acceptors (Lipinski definition) is 2. The van der Waals surface area contributed by atoms with E-state index in [1.807, 2.05) is 0 Å². The molecule has 1 heterocycles. The lowest BCUT2D eigenvalue weighted by Gasteiger charge is -2.06. The molecule has 1 N–H and O–H groups in total. The Labute approximate surface area is 115 Å². The number of thiophene rings is 1. The predicted molar refractivity (Wildman–Crippen MR) is 78.5 cm³/mol. The van der Waals surface area contributed by atoms with E-state index in [-0.39, 0.29) is 0 Å². The van der Waals surface area contributed by atoms with Gasteiger partial charge in [0.05, 0.1) is 0 Å². The van der Waals surface area contributed by atoms with Gasteiger partial charge in [0.2, 0.25) is 0 Å². The smallest absolute Gasteiger partial charge is 0.0303 e. The summed E-state index contributed by atoms with van der Waals surface area (Å²) in [6.45, 7) is 6.17. The van der Waals surface area contributed by atoms with E-state index < -0.39 is 0 Å². The van der Waals surface area contributed by atoms with Crippen LogP contribution in [0, 0.1) is 13.8 Å². The van der Waals surface area contributed by atoms with Crippen LogP contribution in [0.25, 0.3) is 0 Å². The van der Waals surface area contributed by atoms with E-state index >= 15 is 0 Å². The molecule has 0 aliphatic carbocycles. The third-order valence-electron chi connectivity index (χ3n) is 2.82. The van der Waals surface area contributed by atoms with Crippen LogP contribution in [0.1, 0.15) is 21.6 Å². The topological polar surface area (TPSA) is 12.0 Å². The molecule has 2 aromatic rings. The lowest BCUT2D eigenvalue weighted by Crippen LogP contribution is -2.11. The van der Waals surface area contributed by atoms with Crippen LogP contribution in [0.4, 0.5) is 0 Å². The van der Waals surface area contributed by atoms with Crippen LogP contribution in [0.3, 0.4) is 0 Å². The Kier molecular flexibility index (Phi) is 4.37. The molecule has 0 aliphatic heterocycles. The average Bonchev–Trinajstić information content (AvgIpc) is 2.70. The van der Waals surface area contributed by atoms with Crippen molar-refractivity contribution in [2.45, 2.75) is 26.9 Å². The van der Waals surface area contributed by atoms with Gasteiger partial charge in [0.25, 0.3) is 0 Å². The molecule has 0 amide bonds. The van der Waals surface area contributed by atoms with Crippen molar-refractivity contribution < 1.29 is 0 Å². The molecule has 2 rings (SSSR count). The van der Waals surface area contributed by atoms with Crippen LogP contribution >= 0.6 is 27.3 Å². The van der Waals surface area contributed by atoms with Crippen molar-refractivity contribution in [3.05, 3.63) is 55.7 Å². The summed E-state index contributed by atoms with van der Waals surface area (Å²) < 4.78 is 1.17. The first-order valence-electron chi connectivity index (χ1n) is 5.65.